The number of nitrogen functional groups attached to an aromatic ring is 1. The SMILES string of the molecule is Nc1c(NNC(=O)COc2ccccc2)ncnc1Nc1nccs1. The van der Waals surface area contributed by atoms with Crippen LogP contribution in [0.4, 0.5) is 22.5 Å². The zero-order valence-electron chi connectivity index (χ0n) is 13.0. The molecule has 0 unspecified atom stereocenters. The average molecular weight is 357 g/mol. The average Bonchev–Trinajstić information content (AvgIpc) is 3.15. The molecule has 1 aromatic carbocycles. The number of benzene rings is 1. The van der Waals surface area contributed by atoms with Gasteiger partial charge in [-0.25, -0.2) is 15.0 Å². The molecule has 2 aromatic heterocycles. The number of hydrogen-bond acceptors (Lipinski definition) is 9. The number of aromatic nitrogens is 3. The molecule has 0 aliphatic rings. The fourth-order valence-corrected chi connectivity index (χ4v) is 2.34. The summed E-state index contributed by atoms with van der Waals surface area (Å²) in [6.07, 6.45) is 2.98. The van der Waals surface area contributed by atoms with Crippen LogP contribution in [0.15, 0.2) is 48.2 Å². The highest BCUT2D eigenvalue weighted by Crippen LogP contribution is 2.25. The van der Waals surface area contributed by atoms with Crippen molar-refractivity contribution in [2.24, 2.45) is 0 Å². The van der Waals surface area contributed by atoms with Crippen LogP contribution in [0, 0.1) is 0 Å². The Morgan fingerprint density at radius 1 is 1.16 bits per heavy atom. The minimum absolute atomic E-state index is 0.147. The third-order valence-electron chi connectivity index (χ3n) is 2.98. The molecule has 2 heterocycles. The van der Waals surface area contributed by atoms with Crippen molar-refractivity contribution in [2.45, 2.75) is 0 Å². The van der Waals surface area contributed by atoms with Gasteiger partial charge in [0.1, 0.15) is 17.8 Å². The second-order valence-corrected chi connectivity index (χ2v) is 5.62. The Morgan fingerprint density at radius 2 is 1.96 bits per heavy atom. The van der Waals surface area contributed by atoms with E-state index >= 15 is 0 Å². The topological polar surface area (TPSA) is 127 Å². The normalized spacial score (nSPS) is 10.1. The van der Waals surface area contributed by atoms with E-state index in [1.807, 2.05) is 23.6 Å². The standard InChI is InChI=1S/C15H15N7O2S/c16-12-13(20-15-17-6-7-25-15)18-9-19-14(12)22-21-11(23)8-24-10-4-2-1-3-5-10/h1-7,9H,8,16H2,(H,21,23)(H2,17,18,19,20,22). The van der Waals surface area contributed by atoms with Gasteiger partial charge in [0.05, 0.1) is 0 Å². The van der Waals surface area contributed by atoms with Crippen molar-refractivity contribution in [2.75, 3.05) is 23.1 Å². The summed E-state index contributed by atoms with van der Waals surface area (Å²) in [5, 5.41) is 5.46. The second kappa shape index (κ2) is 7.93. The monoisotopic (exact) mass is 357 g/mol. The van der Waals surface area contributed by atoms with Crippen molar-refractivity contribution in [1.82, 2.24) is 20.4 Å². The molecule has 9 nitrogen and oxygen atoms in total. The Balaban J connectivity index is 1.55. The summed E-state index contributed by atoms with van der Waals surface area (Å²) >= 11 is 1.41. The van der Waals surface area contributed by atoms with Crippen LogP contribution in [-0.4, -0.2) is 27.5 Å². The number of nitrogens with one attached hydrogen (secondary N) is 3. The van der Waals surface area contributed by atoms with E-state index in [1.165, 1.54) is 17.7 Å². The van der Waals surface area contributed by atoms with E-state index in [2.05, 4.69) is 31.1 Å². The number of hydrogen-bond donors (Lipinski definition) is 4. The smallest absolute Gasteiger partial charge is 0.276 e. The quantitative estimate of drug-likeness (QED) is 0.471. The lowest BCUT2D eigenvalue weighted by molar-refractivity contribution is -0.122. The molecular formula is C15H15N7O2S. The summed E-state index contributed by atoms with van der Waals surface area (Å²) in [5.74, 6) is 0.884. The van der Waals surface area contributed by atoms with Gasteiger partial charge < -0.3 is 15.8 Å². The number of anilines is 4. The Labute approximate surface area is 147 Å². The highest BCUT2D eigenvalue weighted by molar-refractivity contribution is 7.13. The maximum Gasteiger partial charge on any atom is 0.276 e. The van der Waals surface area contributed by atoms with Gasteiger partial charge in [-0.2, -0.15) is 0 Å². The van der Waals surface area contributed by atoms with Crippen molar-refractivity contribution in [3.8, 4) is 5.75 Å². The van der Waals surface area contributed by atoms with E-state index < -0.39 is 0 Å². The molecule has 0 saturated heterocycles. The molecule has 5 N–H and O–H groups in total. The van der Waals surface area contributed by atoms with Crippen LogP contribution in [0.1, 0.15) is 0 Å². The largest absolute Gasteiger partial charge is 0.484 e. The van der Waals surface area contributed by atoms with E-state index in [-0.39, 0.29) is 24.0 Å². The lowest BCUT2D eigenvalue weighted by Crippen LogP contribution is -2.34. The predicted octanol–water partition coefficient (Wildman–Crippen LogP) is 1.78. The van der Waals surface area contributed by atoms with E-state index in [0.717, 1.165) is 0 Å². The summed E-state index contributed by atoms with van der Waals surface area (Å²) in [4.78, 5) is 24.0. The molecule has 3 rings (SSSR count). The lowest BCUT2D eigenvalue weighted by Gasteiger charge is -2.12. The Hall–Kier alpha value is -3.40. The van der Waals surface area contributed by atoms with Gasteiger partial charge in [0.25, 0.3) is 5.91 Å². The van der Waals surface area contributed by atoms with Gasteiger partial charge in [0, 0.05) is 11.6 Å². The summed E-state index contributed by atoms with van der Waals surface area (Å²) in [5.41, 5.74) is 11.4. The van der Waals surface area contributed by atoms with Crippen molar-refractivity contribution in [3.63, 3.8) is 0 Å². The third-order valence-corrected chi connectivity index (χ3v) is 3.66. The minimum Gasteiger partial charge on any atom is -0.484 e. The van der Waals surface area contributed by atoms with Crippen molar-refractivity contribution < 1.29 is 9.53 Å². The van der Waals surface area contributed by atoms with Crippen molar-refractivity contribution >= 4 is 39.7 Å². The Kier molecular flexibility index (Phi) is 5.22. The molecule has 1 amide bonds. The summed E-state index contributed by atoms with van der Waals surface area (Å²) < 4.78 is 5.35. The van der Waals surface area contributed by atoms with E-state index in [1.54, 1.807) is 18.3 Å². The highest BCUT2D eigenvalue weighted by atomic mass is 32.1. The van der Waals surface area contributed by atoms with Gasteiger partial charge in [0.2, 0.25) is 0 Å². The first-order chi connectivity index (χ1) is 12.2. The number of hydrazine groups is 1. The maximum atomic E-state index is 11.8. The zero-order valence-corrected chi connectivity index (χ0v) is 13.8. The Bertz CT molecular complexity index is 827. The first-order valence-electron chi connectivity index (χ1n) is 7.22. The van der Waals surface area contributed by atoms with Crippen LogP contribution < -0.4 is 26.6 Å². The maximum absolute atomic E-state index is 11.8. The molecule has 0 aliphatic carbocycles. The number of para-hydroxylation sites is 1. The van der Waals surface area contributed by atoms with Gasteiger partial charge in [-0.05, 0) is 12.1 Å². The molecule has 3 aromatic rings. The second-order valence-electron chi connectivity index (χ2n) is 4.72. The van der Waals surface area contributed by atoms with Gasteiger partial charge in [-0.1, -0.05) is 18.2 Å². The zero-order chi connectivity index (χ0) is 17.5. The predicted molar refractivity (Wildman–Crippen MR) is 95.5 cm³/mol. The van der Waals surface area contributed by atoms with Crippen LogP contribution in [0.3, 0.4) is 0 Å². The number of rotatable bonds is 7. The molecule has 0 bridgehead atoms. The first kappa shape index (κ1) is 16.5. The highest BCUT2D eigenvalue weighted by Gasteiger charge is 2.10. The van der Waals surface area contributed by atoms with Crippen LogP contribution in [0.2, 0.25) is 0 Å². The van der Waals surface area contributed by atoms with Gasteiger partial charge in [0.15, 0.2) is 23.4 Å². The summed E-state index contributed by atoms with van der Waals surface area (Å²) in [6, 6.07) is 9.04. The number of carbonyl (C=O) groups is 1. The van der Waals surface area contributed by atoms with Crippen molar-refractivity contribution in [3.05, 3.63) is 48.2 Å². The molecule has 25 heavy (non-hydrogen) atoms. The van der Waals surface area contributed by atoms with E-state index in [4.69, 9.17) is 10.5 Å². The number of nitrogens with zero attached hydrogens (tertiary/aromatic N) is 3. The molecule has 0 fully saturated rings. The molecule has 0 aliphatic heterocycles. The molecule has 10 heteroatoms. The Morgan fingerprint density at radius 3 is 2.72 bits per heavy atom. The summed E-state index contributed by atoms with van der Waals surface area (Å²) in [6.45, 7) is -0.147. The number of carbonyl (C=O) groups excluding carboxylic acids is 1. The van der Waals surface area contributed by atoms with Crippen molar-refractivity contribution in [1.29, 1.82) is 0 Å². The molecule has 0 radical (unpaired) electrons. The molecular weight excluding hydrogens is 342 g/mol. The molecule has 0 saturated carbocycles. The first-order valence-corrected chi connectivity index (χ1v) is 8.10. The van der Waals surface area contributed by atoms with Gasteiger partial charge in [-0.15, -0.1) is 11.3 Å². The van der Waals surface area contributed by atoms with Crippen LogP contribution in [0.25, 0.3) is 0 Å². The van der Waals surface area contributed by atoms with Crippen LogP contribution >= 0.6 is 11.3 Å². The van der Waals surface area contributed by atoms with E-state index in [9.17, 15) is 4.79 Å². The lowest BCUT2D eigenvalue weighted by atomic mass is 10.3. The minimum atomic E-state index is -0.378. The van der Waals surface area contributed by atoms with Crippen LogP contribution in [-0.2, 0) is 4.79 Å². The molecule has 0 spiro atoms. The molecule has 128 valence electrons. The fourth-order valence-electron chi connectivity index (χ4n) is 1.81. The van der Waals surface area contributed by atoms with E-state index in [0.29, 0.717) is 16.7 Å². The van der Waals surface area contributed by atoms with Gasteiger partial charge >= 0.3 is 0 Å². The number of thiazole rings is 1. The number of amides is 1. The molecule has 0 atom stereocenters. The fraction of sp³-hybridized carbons (Fsp3) is 0.0667. The number of nitrogens with two attached hydrogens (primary N) is 1. The third kappa shape index (κ3) is 4.54. The summed E-state index contributed by atoms with van der Waals surface area (Å²) in [7, 11) is 0. The van der Waals surface area contributed by atoms with Gasteiger partial charge in [-0.3, -0.25) is 15.6 Å². The van der Waals surface area contributed by atoms with Crippen LogP contribution in [0.5, 0.6) is 5.75 Å². The number of ether oxygens (including phenoxy) is 1.